The van der Waals surface area contributed by atoms with Crippen molar-refractivity contribution in [2.45, 2.75) is 25.2 Å². The van der Waals surface area contributed by atoms with Crippen molar-refractivity contribution in [3.8, 4) is 5.75 Å². The molecule has 1 atom stereocenters. The van der Waals surface area contributed by atoms with Crippen molar-refractivity contribution in [1.29, 1.82) is 0 Å². The van der Waals surface area contributed by atoms with Gasteiger partial charge in [0.25, 0.3) is 5.91 Å². The van der Waals surface area contributed by atoms with Gasteiger partial charge in [-0.15, -0.1) is 0 Å². The Morgan fingerprint density at radius 2 is 2.15 bits per heavy atom. The van der Waals surface area contributed by atoms with Crippen LogP contribution in [0.3, 0.4) is 0 Å². The van der Waals surface area contributed by atoms with E-state index in [1.165, 1.54) is 25.9 Å². The lowest BCUT2D eigenvalue weighted by Crippen LogP contribution is -2.46. The van der Waals surface area contributed by atoms with Crippen molar-refractivity contribution in [3.05, 3.63) is 41.5 Å². The number of piperidine rings is 3. The van der Waals surface area contributed by atoms with Crippen molar-refractivity contribution in [3.63, 3.8) is 0 Å². The Balaban J connectivity index is 1.32. The van der Waals surface area contributed by atoms with Crippen LogP contribution < -0.4 is 10.1 Å². The zero-order valence-electron chi connectivity index (χ0n) is 15.0. The number of aromatic nitrogens is 2. The quantitative estimate of drug-likeness (QED) is 0.851. The van der Waals surface area contributed by atoms with Crippen LogP contribution in [0.5, 0.6) is 5.75 Å². The van der Waals surface area contributed by atoms with Gasteiger partial charge in [-0.2, -0.15) is 4.98 Å². The summed E-state index contributed by atoms with van der Waals surface area (Å²) in [5, 5.41) is 7.08. The van der Waals surface area contributed by atoms with E-state index in [0.29, 0.717) is 42.0 Å². The topological polar surface area (TPSA) is 80.5 Å². The van der Waals surface area contributed by atoms with Crippen LogP contribution in [0, 0.1) is 5.92 Å². The molecule has 3 aliphatic rings. The Morgan fingerprint density at radius 3 is 2.88 bits per heavy atom. The maximum atomic E-state index is 12.3. The Hall–Kier alpha value is -2.41. The number of methoxy groups -OCH3 is 1. The molecule has 1 aromatic carbocycles. The number of nitrogens with one attached hydrogen (secondary N) is 1. The summed E-state index contributed by atoms with van der Waals surface area (Å²) >= 11 is 0. The molecule has 1 amide bonds. The van der Waals surface area contributed by atoms with Crippen LogP contribution >= 0.6 is 0 Å². The Labute approximate surface area is 152 Å². The van der Waals surface area contributed by atoms with Gasteiger partial charge < -0.3 is 19.5 Å². The van der Waals surface area contributed by atoms with Gasteiger partial charge in [0.1, 0.15) is 5.75 Å². The minimum Gasteiger partial charge on any atom is -0.496 e. The van der Waals surface area contributed by atoms with Gasteiger partial charge in [-0.25, -0.2) is 0 Å². The molecule has 3 aliphatic heterocycles. The fourth-order valence-corrected chi connectivity index (χ4v) is 3.99. The van der Waals surface area contributed by atoms with Crippen LogP contribution in [0.25, 0.3) is 0 Å². The summed E-state index contributed by atoms with van der Waals surface area (Å²) in [5.74, 6) is 2.86. The number of hydrogen-bond acceptors (Lipinski definition) is 6. The van der Waals surface area contributed by atoms with E-state index in [0.717, 1.165) is 12.4 Å². The molecule has 2 aromatic rings. The fourth-order valence-electron chi connectivity index (χ4n) is 3.99. The summed E-state index contributed by atoms with van der Waals surface area (Å²) in [4.78, 5) is 19.3. The van der Waals surface area contributed by atoms with Gasteiger partial charge in [0.2, 0.25) is 5.89 Å². The lowest BCUT2D eigenvalue weighted by atomic mass is 9.79. The maximum Gasteiger partial charge on any atom is 0.255 e. The van der Waals surface area contributed by atoms with Gasteiger partial charge in [-0.3, -0.25) is 4.79 Å². The number of carbonyl (C=O) groups is 1. The second kappa shape index (κ2) is 7.45. The summed E-state index contributed by atoms with van der Waals surface area (Å²) in [6.45, 7) is 3.87. The van der Waals surface area contributed by atoms with Gasteiger partial charge in [0, 0.05) is 25.4 Å². The first-order chi connectivity index (χ1) is 12.7. The zero-order valence-corrected chi connectivity index (χ0v) is 15.0. The number of para-hydroxylation sites is 1. The third-order valence-electron chi connectivity index (χ3n) is 5.45. The molecule has 1 N–H and O–H groups in total. The molecule has 3 fully saturated rings. The number of nitrogens with zero attached hydrogens (tertiary/aromatic N) is 3. The van der Waals surface area contributed by atoms with Gasteiger partial charge in [-0.05, 0) is 44.0 Å². The van der Waals surface area contributed by atoms with E-state index < -0.39 is 0 Å². The first kappa shape index (κ1) is 17.0. The third kappa shape index (κ3) is 3.44. The predicted octanol–water partition coefficient (Wildman–Crippen LogP) is 1.86. The summed E-state index contributed by atoms with van der Waals surface area (Å²) in [5.41, 5.74) is 0.522. The van der Waals surface area contributed by atoms with Crippen LogP contribution in [0.1, 0.15) is 40.8 Å². The highest BCUT2D eigenvalue weighted by atomic mass is 16.5. The van der Waals surface area contributed by atoms with Crippen LogP contribution in [0.2, 0.25) is 0 Å². The van der Waals surface area contributed by atoms with Crippen molar-refractivity contribution in [2.75, 3.05) is 33.3 Å². The molecule has 1 unspecified atom stereocenters. The van der Waals surface area contributed by atoms with E-state index in [9.17, 15) is 4.79 Å². The van der Waals surface area contributed by atoms with Gasteiger partial charge >= 0.3 is 0 Å². The average molecular weight is 356 g/mol. The molecule has 0 saturated carbocycles. The van der Waals surface area contributed by atoms with Gasteiger partial charge in [-0.1, -0.05) is 17.3 Å². The number of rotatable bonds is 6. The summed E-state index contributed by atoms with van der Waals surface area (Å²) in [7, 11) is 1.56. The SMILES string of the molecule is COc1ccccc1C(=O)NCCc1nc(C2CN3CCC2CC3)no1. The minimum atomic E-state index is -0.167. The molecule has 4 heterocycles. The van der Waals surface area contributed by atoms with E-state index >= 15 is 0 Å². The van der Waals surface area contributed by atoms with E-state index in [-0.39, 0.29) is 5.91 Å². The Morgan fingerprint density at radius 1 is 1.35 bits per heavy atom. The number of fused-ring (bicyclic) bond motifs is 3. The number of ether oxygens (including phenoxy) is 1. The normalized spacial score (nSPS) is 24.4. The molecule has 7 heteroatoms. The molecule has 2 bridgehead atoms. The minimum absolute atomic E-state index is 0.167. The van der Waals surface area contributed by atoms with E-state index in [1.54, 1.807) is 19.2 Å². The molecule has 7 nitrogen and oxygen atoms in total. The highest BCUT2D eigenvalue weighted by molar-refractivity contribution is 5.96. The average Bonchev–Trinajstić information content (AvgIpc) is 3.17. The Kier molecular flexibility index (Phi) is 4.88. The number of benzene rings is 1. The van der Waals surface area contributed by atoms with Crippen molar-refractivity contribution < 1.29 is 14.1 Å². The van der Waals surface area contributed by atoms with Crippen molar-refractivity contribution in [2.24, 2.45) is 5.92 Å². The lowest BCUT2D eigenvalue weighted by Gasteiger charge is -2.43. The number of hydrogen-bond donors (Lipinski definition) is 1. The van der Waals surface area contributed by atoms with Gasteiger partial charge in [0.15, 0.2) is 5.82 Å². The zero-order chi connectivity index (χ0) is 17.9. The Bertz CT molecular complexity index is 768. The van der Waals surface area contributed by atoms with Crippen LogP contribution in [0.15, 0.2) is 28.8 Å². The van der Waals surface area contributed by atoms with E-state index in [2.05, 4.69) is 20.4 Å². The number of carbonyl (C=O) groups excluding carboxylic acids is 1. The molecule has 0 aliphatic carbocycles. The molecule has 5 rings (SSSR count). The maximum absolute atomic E-state index is 12.3. The monoisotopic (exact) mass is 356 g/mol. The number of amides is 1. The molecule has 1 aromatic heterocycles. The standard InChI is InChI=1S/C19H24N4O3/c1-25-16-5-3-2-4-14(16)19(24)20-9-6-17-21-18(22-26-17)15-12-23-10-7-13(15)8-11-23/h2-5,13,15H,6-12H2,1H3,(H,20,24). The molecule has 138 valence electrons. The summed E-state index contributed by atoms with van der Waals surface area (Å²) in [6, 6.07) is 7.17. The van der Waals surface area contributed by atoms with E-state index in [1.807, 2.05) is 12.1 Å². The summed E-state index contributed by atoms with van der Waals surface area (Å²) < 4.78 is 10.6. The lowest BCUT2D eigenvalue weighted by molar-refractivity contribution is 0.0825. The first-order valence-corrected chi connectivity index (χ1v) is 9.20. The van der Waals surface area contributed by atoms with Crippen LogP contribution in [-0.2, 0) is 6.42 Å². The fraction of sp³-hybridized carbons (Fsp3) is 0.526. The third-order valence-corrected chi connectivity index (χ3v) is 5.45. The van der Waals surface area contributed by atoms with Gasteiger partial charge in [0.05, 0.1) is 12.7 Å². The highest BCUT2D eigenvalue weighted by Gasteiger charge is 2.37. The molecule has 0 radical (unpaired) electrons. The van der Waals surface area contributed by atoms with Crippen molar-refractivity contribution >= 4 is 5.91 Å². The first-order valence-electron chi connectivity index (χ1n) is 9.20. The molecule has 3 saturated heterocycles. The van der Waals surface area contributed by atoms with E-state index in [4.69, 9.17) is 9.26 Å². The van der Waals surface area contributed by atoms with Crippen molar-refractivity contribution in [1.82, 2.24) is 20.4 Å². The summed E-state index contributed by atoms with van der Waals surface area (Å²) in [6.07, 6.45) is 2.97. The second-order valence-electron chi connectivity index (χ2n) is 7.00. The highest BCUT2D eigenvalue weighted by Crippen LogP contribution is 2.37. The van der Waals surface area contributed by atoms with Crippen LogP contribution in [-0.4, -0.2) is 54.2 Å². The predicted molar refractivity (Wildman–Crippen MR) is 95.2 cm³/mol. The van der Waals surface area contributed by atoms with Crippen LogP contribution in [0.4, 0.5) is 0 Å². The largest absolute Gasteiger partial charge is 0.496 e. The molecule has 0 spiro atoms. The second-order valence-corrected chi connectivity index (χ2v) is 7.00. The smallest absolute Gasteiger partial charge is 0.255 e. The molecular formula is C19H24N4O3. The molecule has 26 heavy (non-hydrogen) atoms. The molecular weight excluding hydrogens is 332 g/mol.